The second kappa shape index (κ2) is 8.71. The van der Waals surface area contributed by atoms with Crippen molar-refractivity contribution in [1.29, 1.82) is 0 Å². The highest BCUT2D eigenvalue weighted by Crippen LogP contribution is 2.31. The Bertz CT molecular complexity index is 1320. The second-order valence-electron chi connectivity index (χ2n) is 7.71. The van der Waals surface area contributed by atoms with Gasteiger partial charge in [-0.25, -0.2) is 14.3 Å². The summed E-state index contributed by atoms with van der Waals surface area (Å²) in [6.07, 6.45) is 2.40. The predicted molar refractivity (Wildman–Crippen MR) is 123 cm³/mol. The number of nitrogens with zero attached hydrogens (tertiary/aromatic N) is 4. The summed E-state index contributed by atoms with van der Waals surface area (Å²) in [5.74, 6) is 0.241. The van der Waals surface area contributed by atoms with Crippen LogP contribution in [0, 0.1) is 0 Å². The van der Waals surface area contributed by atoms with E-state index in [9.17, 15) is 9.59 Å². The SMILES string of the molecule is CC(=O)Nc1cn2nc(-c3cccc(NC(=O)N4OCC[C@H]4c4ccccc4)c3)ccc2n1. The summed E-state index contributed by atoms with van der Waals surface area (Å²) in [6, 6.07) is 20.5. The maximum Gasteiger partial charge on any atom is 0.346 e. The summed E-state index contributed by atoms with van der Waals surface area (Å²) >= 11 is 0. The Hall–Kier alpha value is -4.24. The zero-order valence-corrected chi connectivity index (χ0v) is 17.9. The van der Waals surface area contributed by atoms with Gasteiger partial charge in [0.25, 0.3) is 0 Å². The van der Waals surface area contributed by atoms with E-state index in [2.05, 4.69) is 20.7 Å². The van der Waals surface area contributed by atoms with Gasteiger partial charge < -0.3 is 10.6 Å². The molecule has 0 unspecified atom stereocenters. The van der Waals surface area contributed by atoms with Gasteiger partial charge in [-0.3, -0.25) is 9.63 Å². The zero-order chi connectivity index (χ0) is 22.8. The smallest absolute Gasteiger partial charge is 0.310 e. The number of carbonyl (C=O) groups excluding carboxylic acids is 2. The molecule has 0 spiro atoms. The van der Waals surface area contributed by atoms with E-state index in [1.54, 1.807) is 10.7 Å². The largest absolute Gasteiger partial charge is 0.346 e. The molecule has 2 aromatic carbocycles. The lowest BCUT2D eigenvalue weighted by molar-refractivity contribution is -0.114. The first-order chi connectivity index (χ1) is 16.1. The Balaban J connectivity index is 1.35. The van der Waals surface area contributed by atoms with E-state index in [1.165, 1.54) is 12.0 Å². The minimum absolute atomic E-state index is 0.127. The Kier molecular flexibility index (Phi) is 5.45. The van der Waals surface area contributed by atoms with Crippen molar-refractivity contribution in [3.63, 3.8) is 0 Å². The highest BCUT2D eigenvalue weighted by molar-refractivity contribution is 5.90. The number of amides is 3. The van der Waals surface area contributed by atoms with Gasteiger partial charge in [0, 0.05) is 24.6 Å². The quantitative estimate of drug-likeness (QED) is 0.492. The summed E-state index contributed by atoms with van der Waals surface area (Å²) in [5.41, 5.74) is 3.81. The summed E-state index contributed by atoms with van der Waals surface area (Å²) < 4.78 is 1.61. The number of rotatable bonds is 4. The normalized spacial score (nSPS) is 15.5. The number of imidazole rings is 1. The van der Waals surface area contributed by atoms with E-state index in [1.807, 2.05) is 66.7 Å². The fraction of sp³-hybridized carbons (Fsp3) is 0.167. The van der Waals surface area contributed by atoms with Crippen molar-refractivity contribution in [2.45, 2.75) is 19.4 Å². The van der Waals surface area contributed by atoms with Crippen LogP contribution in [0.3, 0.4) is 0 Å². The van der Waals surface area contributed by atoms with Gasteiger partial charge >= 0.3 is 6.03 Å². The number of anilines is 2. The molecule has 1 aliphatic heterocycles. The molecule has 9 heteroatoms. The lowest BCUT2D eigenvalue weighted by atomic mass is 10.1. The maximum absolute atomic E-state index is 12.9. The van der Waals surface area contributed by atoms with Gasteiger partial charge in [-0.2, -0.15) is 10.2 Å². The molecule has 1 saturated heterocycles. The molecule has 4 aromatic rings. The maximum atomic E-state index is 12.9. The number of benzene rings is 2. The first kappa shape index (κ1) is 20.7. The first-order valence-electron chi connectivity index (χ1n) is 10.6. The number of nitrogens with one attached hydrogen (secondary N) is 2. The average Bonchev–Trinajstić information content (AvgIpc) is 3.46. The Morgan fingerprint density at radius 1 is 1.03 bits per heavy atom. The van der Waals surface area contributed by atoms with E-state index >= 15 is 0 Å². The molecular weight excluding hydrogens is 420 g/mol. The number of hydroxylamine groups is 2. The molecular formula is C24H22N6O3. The number of carbonyl (C=O) groups is 2. The van der Waals surface area contributed by atoms with E-state index in [0.29, 0.717) is 29.5 Å². The van der Waals surface area contributed by atoms with Gasteiger partial charge in [-0.05, 0) is 29.8 Å². The van der Waals surface area contributed by atoms with Crippen LogP contribution in [-0.2, 0) is 9.63 Å². The van der Waals surface area contributed by atoms with Crippen LogP contribution in [0.15, 0.2) is 72.9 Å². The molecule has 9 nitrogen and oxygen atoms in total. The van der Waals surface area contributed by atoms with Crippen molar-refractivity contribution in [2.24, 2.45) is 0 Å². The van der Waals surface area contributed by atoms with Crippen LogP contribution < -0.4 is 10.6 Å². The van der Waals surface area contributed by atoms with Crippen molar-refractivity contribution in [3.05, 3.63) is 78.5 Å². The van der Waals surface area contributed by atoms with Gasteiger partial charge in [-0.1, -0.05) is 42.5 Å². The van der Waals surface area contributed by atoms with Gasteiger partial charge in [0.2, 0.25) is 5.91 Å². The van der Waals surface area contributed by atoms with Crippen LogP contribution in [0.1, 0.15) is 24.9 Å². The number of hydrogen-bond acceptors (Lipinski definition) is 5. The molecule has 3 heterocycles. The molecule has 1 fully saturated rings. The molecule has 5 rings (SSSR count). The van der Waals surface area contributed by atoms with E-state index < -0.39 is 0 Å². The van der Waals surface area contributed by atoms with E-state index in [4.69, 9.17) is 4.84 Å². The topological polar surface area (TPSA) is 101 Å². The summed E-state index contributed by atoms with van der Waals surface area (Å²) in [5, 5.41) is 11.6. The van der Waals surface area contributed by atoms with Gasteiger partial charge in [-0.15, -0.1) is 0 Å². The Morgan fingerprint density at radius 2 is 1.88 bits per heavy atom. The molecule has 0 radical (unpaired) electrons. The van der Waals surface area contributed by atoms with Gasteiger partial charge in [0.15, 0.2) is 11.5 Å². The minimum atomic E-state index is -0.323. The van der Waals surface area contributed by atoms with Crippen molar-refractivity contribution >= 4 is 29.1 Å². The summed E-state index contributed by atoms with van der Waals surface area (Å²) in [6.45, 7) is 1.92. The molecule has 0 bridgehead atoms. The van der Waals surface area contributed by atoms with Crippen molar-refractivity contribution in [1.82, 2.24) is 19.7 Å². The molecule has 3 amide bonds. The number of fused-ring (bicyclic) bond motifs is 1. The fourth-order valence-electron chi connectivity index (χ4n) is 3.86. The minimum Gasteiger partial charge on any atom is -0.310 e. The number of aromatic nitrogens is 3. The molecule has 0 aliphatic carbocycles. The first-order valence-corrected chi connectivity index (χ1v) is 10.6. The molecule has 1 atom stereocenters. The summed E-state index contributed by atoms with van der Waals surface area (Å²) in [7, 11) is 0. The molecule has 2 aromatic heterocycles. The number of hydrogen-bond donors (Lipinski definition) is 2. The third-order valence-electron chi connectivity index (χ3n) is 5.32. The molecule has 0 saturated carbocycles. The van der Waals surface area contributed by atoms with Crippen LogP contribution in [0.4, 0.5) is 16.3 Å². The van der Waals surface area contributed by atoms with Gasteiger partial charge in [0.1, 0.15) is 0 Å². The van der Waals surface area contributed by atoms with Crippen molar-refractivity contribution in [2.75, 3.05) is 17.2 Å². The summed E-state index contributed by atoms with van der Waals surface area (Å²) in [4.78, 5) is 34.1. The Labute approximate surface area is 190 Å². The lowest BCUT2D eigenvalue weighted by Gasteiger charge is -2.23. The predicted octanol–water partition coefficient (Wildman–Crippen LogP) is 4.27. The monoisotopic (exact) mass is 442 g/mol. The number of urea groups is 1. The lowest BCUT2D eigenvalue weighted by Crippen LogP contribution is -2.33. The Morgan fingerprint density at radius 3 is 2.70 bits per heavy atom. The molecule has 1 aliphatic rings. The standard InChI is InChI=1S/C24H22N6O3/c1-16(31)25-22-15-29-23(27-22)11-10-20(28-29)18-8-5-9-19(14-18)26-24(32)30-21(12-13-33-30)17-6-3-2-4-7-17/h2-11,14-15,21H,12-13H2,1H3,(H,25,31)(H,26,32)/t21-/m0/s1. The fourth-order valence-corrected chi connectivity index (χ4v) is 3.86. The third-order valence-corrected chi connectivity index (χ3v) is 5.32. The van der Waals surface area contributed by atoms with Crippen LogP contribution >= 0.6 is 0 Å². The highest BCUT2D eigenvalue weighted by atomic mass is 16.7. The van der Waals surface area contributed by atoms with Crippen LogP contribution in [0.25, 0.3) is 16.9 Å². The van der Waals surface area contributed by atoms with Crippen molar-refractivity contribution in [3.8, 4) is 11.3 Å². The van der Waals surface area contributed by atoms with Gasteiger partial charge in [0.05, 0.1) is 24.5 Å². The molecule has 2 N–H and O–H groups in total. The third kappa shape index (κ3) is 4.39. The highest BCUT2D eigenvalue weighted by Gasteiger charge is 2.31. The van der Waals surface area contributed by atoms with Crippen LogP contribution in [0.2, 0.25) is 0 Å². The molecule has 33 heavy (non-hydrogen) atoms. The zero-order valence-electron chi connectivity index (χ0n) is 17.9. The second-order valence-corrected chi connectivity index (χ2v) is 7.71. The average molecular weight is 442 g/mol. The molecule has 166 valence electrons. The van der Waals surface area contributed by atoms with Crippen LogP contribution in [0.5, 0.6) is 0 Å². The van der Waals surface area contributed by atoms with E-state index in [-0.39, 0.29) is 18.0 Å². The van der Waals surface area contributed by atoms with Crippen LogP contribution in [-0.4, -0.2) is 38.2 Å². The van der Waals surface area contributed by atoms with E-state index in [0.717, 1.165) is 17.5 Å². The van der Waals surface area contributed by atoms with Crippen molar-refractivity contribution < 1.29 is 14.4 Å².